The molecule has 0 radical (unpaired) electrons. The van der Waals surface area contributed by atoms with Crippen LogP contribution in [0.15, 0.2) is 18.5 Å². The van der Waals surface area contributed by atoms with E-state index in [1.807, 2.05) is 25.5 Å². The van der Waals surface area contributed by atoms with Gasteiger partial charge in [-0.25, -0.2) is 4.68 Å². The molecule has 2 rings (SSSR count). The molecule has 16 heavy (non-hydrogen) atoms. The monoisotopic (exact) mass is 221 g/mol. The molecule has 6 heteroatoms. The Morgan fingerprint density at radius 1 is 1.38 bits per heavy atom. The number of aromatic nitrogens is 5. The Hall–Kier alpha value is -1.69. The third kappa shape index (κ3) is 2.66. The number of aliphatic hydroxyl groups is 1. The molecular formula is C10H15N5O. The lowest BCUT2D eigenvalue weighted by molar-refractivity contribution is 0.288. The lowest BCUT2D eigenvalue weighted by atomic mass is 10.3. The molecular weight excluding hydrogens is 206 g/mol. The van der Waals surface area contributed by atoms with Crippen LogP contribution in [0.3, 0.4) is 0 Å². The van der Waals surface area contributed by atoms with Crippen molar-refractivity contribution in [3.63, 3.8) is 0 Å². The summed E-state index contributed by atoms with van der Waals surface area (Å²) in [4.78, 5) is 0. The molecule has 0 aliphatic rings. The van der Waals surface area contributed by atoms with Gasteiger partial charge in [0.15, 0.2) is 0 Å². The van der Waals surface area contributed by atoms with Crippen LogP contribution in [0.25, 0.3) is 0 Å². The summed E-state index contributed by atoms with van der Waals surface area (Å²) >= 11 is 0. The normalized spacial score (nSPS) is 10.9. The molecule has 0 aliphatic carbocycles. The predicted molar refractivity (Wildman–Crippen MR) is 57.7 cm³/mol. The van der Waals surface area contributed by atoms with Crippen LogP contribution >= 0.6 is 0 Å². The molecule has 6 nitrogen and oxygen atoms in total. The SMILES string of the molecule is Cn1ccc(Cn2cc(CCCO)nn2)n1. The van der Waals surface area contributed by atoms with Crippen molar-refractivity contribution in [2.75, 3.05) is 6.61 Å². The van der Waals surface area contributed by atoms with E-state index in [-0.39, 0.29) is 6.61 Å². The highest BCUT2D eigenvalue weighted by atomic mass is 16.2. The fourth-order valence-corrected chi connectivity index (χ4v) is 1.50. The number of rotatable bonds is 5. The van der Waals surface area contributed by atoms with Crippen molar-refractivity contribution >= 4 is 0 Å². The van der Waals surface area contributed by atoms with E-state index in [0.717, 1.165) is 24.2 Å². The van der Waals surface area contributed by atoms with Gasteiger partial charge in [0.2, 0.25) is 0 Å². The summed E-state index contributed by atoms with van der Waals surface area (Å²) < 4.78 is 3.52. The van der Waals surface area contributed by atoms with Gasteiger partial charge < -0.3 is 5.11 Å². The second kappa shape index (κ2) is 4.89. The highest BCUT2D eigenvalue weighted by Crippen LogP contribution is 2.01. The van der Waals surface area contributed by atoms with Crippen LogP contribution in [0.1, 0.15) is 17.8 Å². The molecule has 86 valence electrons. The molecule has 0 bridgehead atoms. The van der Waals surface area contributed by atoms with Crippen molar-refractivity contribution in [2.24, 2.45) is 7.05 Å². The van der Waals surface area contributed by atoms with Gasteiger partial charge in [0.25, 0.3) is 0 Å². The minimum Gasteiger partial charge on any atom is -0.396 e. The third-order valence-electron chi connectivity index (χ3n) is 2.27. The summed E-state index contributed by atoms with van der Waals surface area (Å²) in [5.41, 5.74) is 1.87. The number of hydrogen-bond donors (Lipinski definition) is 1. The third-order valence-corrected chi connectivity index (χ3v) is 2.27. The second-order valence-corrected chi connectivity index (χ2v) is 3.72. The highest BCUT2D eigenvalue weighted by molar-refractivity contribution is 5.00. The lowest BCUT2D eigenvalue weighted by Crippen LogP contribution is -2.02. The molecule has 0 unspecified atom stereocenters. The average molecular weight is 221 g/mol. The van der Waals surface area contributed by atoms with Gasteiger partial charge in [-0.2, -0.15) is 5.10 Å². The van der Waals surface area contributed by atoms with E-state index in [9.17, 15) is 0 Å². The van der Waals surface area contributed by atoms with Crippen LogP contribution in [0.4, 0.5) is 0 Å². The summed E-state index contributed by atoms with van der Waals surface area (Å²) in [7, 11) is 1.89. The Bertz CT molecular complexity index is 448. The first-order chi connectivity index (χ1) is 7.78. The van der Waals surface area contributed by atoms with E-state index in [2.05, 4.69) is 15.4 Å². The first kappa shape index (κ1) is 10.8. The average Bonchev–Trinajstić information content (AvgIpc) is 2.86. The van der Waals surface area contributed by atoms with E-state index in [4.69, 9.17) is 5.11 Å². The first-order valence-corrected chi connectivity index (χ1v) is 5.26. The van der Waals surface area contributed by atoms with E-state index < -0.39 is 0 Å². The minimum atomic E-state index is 0.188. The molecule has 0 amide bonds. The number of aliphatic hydroxyl groups excluding tert-OH is 1. The molecule has 0 atom stereocenters. The molecule has 2 aromatic rings. The van der Waals surface area contributed by atoms with Gasteiger partial charge in [0.05, 0.1) is 17.9 Å². The fourth-order valence-electron chi connectivity index (χ4n) is 1.50. The number of aryl methyl sites for hydroxylation is 2. The molecule has 0 aromatic carbocycles. The molecule has 0 saturated carbocycles. The van der Waals surface area contributed by atoms with Gasteiger partial charge >= 0.3 is 0 Å². The van der Waals surface area contributed by atoms with E-state index in [1.165, 1.54) is 0 Å². The smallest absolute Gasteiger partial charge is 0.0867 e. The van der Waals surface area contributed by atoms with Gasteiger partial charge in [0, 0.05) is 26.0 Å². The fraction of sp³-hybridized carbons (Fsp3) is 0.500. The molecule has 2 heterocycles. The number of hydrogen-bond acceptors (Lipinski definition) is 4. The molecule has 0 saturated heterocycles. The van der Waals surface area contributed by atoms with Crippen LogP contribution in [0.2, 0.25) is 0 Å². The zero-order valence-electron chi connectivity index (χ0n) is 9.24. The Balaban J connectivity index is 1.97. The maximum Gasteiger partial charge on any atom is 0.0867 e. The van der Waals surface area contributed by atoms with Crippen LogP contribution in [0.5, 0.6) is 0 Å². The van der Waals surface area contributed by atoms with Gasteiger partial charge in [-0.05, 0) is 18.9 Å². The largest absolute Gasteiger partial charge is 0.396 e. The lowest BCUT2D eigenvalue weighted by Gasteiger charge is -1.95. The van der Waals surface area contributed by atoms with E-state index >= 15 is 0 Å². The Labute approximate surface area is 93.5 Å². The van der Waals surface area contributed by atoms with E-state index in [1.54, 1.807) is 9.36 Å². The Morgan fingerprint density at radius 3 is 2.94 bits per heavy atom. The van der Waals surface area contributed by atoms with Crippen molar-refractivity contribution < 1.29 is 5.11 Å². The molecule has 1 N–H and O–H groups in total. The van der Waals surface area contributed by atoms with Gasteiger partial charge in [-0.1, -0.05) is 5.21 Å². The Morgan fingerprint density at radius 2 is 2.25 bits per heavy atom. The minimum absolute atomic E-state index is 0.188. The van der Waals surface area contributed by atoms with Crippen molar-refractivity contribution in [3.8, 4) is 0 Å². The number of nitrogens with zero attached hydrogens (tertiary/aromatic N) is 5. The molecule has 0 aliphatic heterocycles. The molecule has 0 fully saturated rings. The standard InChI is InChI=1S/C10H15N5O/c1-14-5-4-10(12-14)8-15-7-9(11-13-15)3-2-6-16/h4-5,7,16H,2-3,6,8H2,1H3. The van der Waals surface area contributed by atoms with Crippen molar-refractivity contribution in [2.45, 2.75) is 19.4 Å². The summed E-state index contributed by atoms with van der Waals surface area (Å²) in [5.74, 6) is 0. The van der Waals surface area contributed by atoms with Gasteiger partial charge in [-0.3, -0.25) is 4.68 Å². The quantitative estimate of drug-likeness (QED) is 0.770. The highest BCUT2D eigenvalue weighted by Gasteiger charge is 2.02. The topological polar surface area (TPSA) is 68.8 Å². The maximum absolute atomic E-state index is 8.70. The van der Waals surface area contributed by atoms with Crippen molar-refractivity contribution in [3.05, 3.63) is 29.8 Å². The molecule has 2 aromatic heterocycles. The van der Waals surface area contributed by atoms with Crippen LogP contribution in [-0.4, -0.2) is 36.5 Å². The predicted octanol–water partition coefficient (Wildman–Crippen LogP) is -0.0152. The van der Waals surface area contributed by atoms with Crippen LogP contribution < -0.4 is 0 Å². The van der Waals surface area contributed by atoms with Crippen molar-refractivity contribution in [1.82, 2.24) is 24.8 Å². The Kier molecular flexibility index (Phi) is 3.31. The zero-order valence-corrected chi connectivity index (χ0v) is 9.24. The summed E-state index contributed by atoms with van der Waals surface area (Å²) in [6.07, 6.45) is 5.28. The van der Waals surface area contributed by atoms with Gasteiger partial charge in [0.1, 0.15) is 0 Å². The van der Waals surface area contributed by atoms with Gasteiger partial charge in [-0.15, -0.1) is 5.10 Å². The van der Waals surface area contributed by atoms with Crippen molar-refractivity contribution in [1.29, 1.82) is 0 Å². The zero-order chi connectivity index (χ0) is 11.4. The van der Waals surface area contributed by atoms with Crippen LogP contribution in [-0.2, 0) is 20.0 Å². The second-order valence-electron chi connectivity index (χ2n) is 3.72. The molecule has 0 spiro atoms. The summed E-state index contributed by atoms with van der Waals surface area (Å²) in [6.45, 7) is 0.820. The maximum atomic E-state index is 8.70. The first-order valence-electron chi connectivity index (χ1n) is 5.26. The summed E-state index contributed by atoms with van der Waals surface area (Å²) in [6, 6.07) is 1.95. The van der Waals surface area contributed by atoms with Crippen LogP contribution in [0, 0.1) is 0 Å². The summed E-state index contributed by atoms with van der Waals surface area (Å²) in [5, 5.41) is 21.0. The van der Waals surface area contributed by atoms with E-state index in [0.29, 0.717) is 6.54 Å².